The highest BCUT2D eigenvalue weighted by atomic mass is 19.1. The third-order valence-corrected chi connectivity index (χ3v) is 3.10. The van der Waals surface area contributed by atoms with Gasteiger partial charge in [0.05, 0.1) is 11.6 Å². The maximum absolute atomic E-state index is 13.3. The first-order valence-corrected chi connectivity index (χ1v) is 6.39. The zero-order chi connectivity index (χ0) is 14.7. The Morgan fingerprint density at radius 3 is 2.80 bits per heavy atom. The standard InChI is InChI=1S/C16H15FN2O/c1-11(2)16(20)13-5-6-19(9-13)10-14-7-15(17)4-3-12(14)8-18/h3-7,9,11H,10H2,1-2H3. The van der Waals surface area contributed by atoms with Crippen LogP contribution in [0.15, 0.2) is 36.7 Å². The third-order valence-electron chi connectivity index (χ3n) is 3.10. The molecule has 1 aromatic carbocycles. The Balaban J connectivity index is 2.26. The van der Waals surface area contributed by atoms with E-state index in [1.54, 1.807) is 23.0 Å². The molecule has 0 unspecified atom stereocenters. The molecule has 20 heavy (non-hydrogen) atoms. The molecule has 1 aromatic heterocycles. The largest absolute Gasteiger partial charge is 0.349 e. The van der Waals surface area contributed by atoms with E-state index in [2.05, 4.69) is 0 Å². The van der Waals surface area contributed by atoms with Gasteiger partial charge in [0.2, 0.25) is 0 Å². The number of hydrogen-bond acceptors (Lipinski definition) is 2. The minimum atomic E-state index is -0.371. The minimum Gasteiger partial charge on any atom is -0.349 e. The van der Waals surface area contributed by atoms with Gasteiger partial charge in [0.25, 0.3) is 0 Å². The maximum Gasteiger partial charge on any atom is 0.166 e. The van der Waals surface area contributed by atoms with Gasteiger partial charge in [-0.1, -0.05) is 13.8 Å². The molecule has 2 aromatic rings. The first-order chi connectivity index (χ1) is 9.51. The van der Waals surface area contributed by atoms with Crippen molar-refractivity contribution in [3.8, 4) is 6.07 Å². The number of ketones is 1. The Kier molecular flexibility index (Phi) is 3.99. The summed E-state index contributed by atoms with van der Waals surface area (Å²) in [5.74, 6) is -0.358. The highest BCUT2D eigenvalue weighted by molar-refractivity contribution is 5.97. The molecule has 4 heteroatoms. The quantitative estimate of drug-likeness (QED) is 0.799. The number of nitrogens with zero attached hydrogens (tertiary/aromatic N) is 2. The Morgan fingerprint density at radius 1 is 1.40 bits per heavy atom. The lowest BCUT2D eigenvalue weighted by molar-refractivity contribution is 0.0939. The number of carbonyl (C=O) groups is 1. The first kappa shape index (κ1) is 14.0. The molecule has 0 atom stereocenters. The van der Waals surface area contributed by atoms with Crippen molar-refractivity contribution in [3.05, 3.63) is 59.2 Å². The summed E-state index contributed by atoms with van der Waals surface area (Å²) in [6.07, 6.45) is 3.50. The van der Waals surface area contributed by atoms with Crippen molar-refractivity contribution in [1.82, 2.24) is 4.57 Å². The van der Waals surface area contributed by atoms with Crippen molar-refractivity contribution in [2.75, 3.05) is 0 Å². The normalized spacial score (nSPS) is 10.6. The van der Waals surface area contributed by atoms with Crippen molar-refractivity contribution in [2.24, 2.45) is 5.92 Å². The van der Waals surface area contributed by atoms with Crippen LogP contribution in [0.3, 0.4) is 0 Å². The first-order valence-electron chi connectivity index (χ1n) is 6.39. The van der Waals surface area contributed by atoms with Crippen molar-refractivity contribution in [2.45, 2.75) is 20.4 Å². The van der Waals surface area contributed by atoms with E-state index >= 15 is 0 Å². The second kappa shape index (κ2) is 5.70. The summed E-state index contributed by atoms with van der Waals surface area (Å²) in [5.41, 5.74) is 1.68. The van der Waals surface area contributed by atoms with Gasteiger partial charge >= 0.3 is 0 Å². The molecule has 3 nitrogen and oxygen atoms in total. The fourth-order valence-corrected chi connectivity index (χ4v) is 2.02. The van der Waals surface area contributed by atoms with Gasteiger partial charge in [0, 0.05) is 30.4 Å². The zero-order valence-corrected chi connectivity index (χ0v) is 11.4. The van der Waals surface area contributed by atoms with E-state index in [4.69, 9.17) is 5.26 Å². The highest BCUT2D eigenvalue weighted by Crippen LogP contribution is 2.14. The fourth-order valence-electron chi connectivity index (χ4n) is 2.02. The molecular weight excluding hydrogens is 255 g/mol. The van der Waals surface area contributed by atoms with Crippen LogP contribution < -0.4 is 0 Å². The maximum atomic E-state index is 13.3. The lowest BCUT2D eigenvalue weighted by Crippen LogP contribution is -2.06. The van der Waals surface area contributed by atoms with Crippen LogP contribution in [0.1, 0.15) is 35.3 Å². The number of benzene rings is 1. The highest BCUT2D eigenvalue weighted by Gasteiger charge is 2.12. The van der Waals surface area contributed by atoms with Gasteiger partial charge in [0.15, 0.2) is 5.78 Å². The predicted octanol–water partition coefficient (Wildman–Crippen LogP) is 3.39. The number of halogens is 1. The number of Topliss-reactive ketones (excluding diaryl/α,β-unsaturated/α-hetero) is 1. The van der Waals surface area contributed by atoms with E-state index in [0.29, 0.717) is 23.2 Å². The van der Waals surface area contributed by atoms with Crippen molar-refractivity contribution >= 4 is 5.78 Å². The molecule has 0 saturated carbocycles. The smallest absolute Gasteiger partial charge is 0.166 e. The number of nitriles is 1. The van der Waals surface area contributed by atoms with Gasteiger partial charge in [-0.15, -0.1) is 0 Å². The van der Waals surface area contributed by atoms with Gasteiger partial charge in [-0.25, -0.2) is 4.39 Å². The van der Waals surface area contributed by atoms with Gasteiger partial charge in [0.1, 0.15) is 5.82 Å². The van der Waals surface area contributed by atoms with E-state index in [0.717, 1.165) is 0 Å². The second-order valence-corrected chi connectivity index (χ2v) is 5.00. The Labute approximate surface area is 117 Å². The summed E-state index contributed by atoms with van der Waals surface area (Å²) in [7, 11) is 0. The number of aromatic nitrogens is 1. The molecule has 0 N–H and O–H groups in total. The van der Waals surface area contributed by atoms with Crippen LogP contribution in [0, 0.1) is 23.1 Å². The minimum absolute atomic E-state index is 0.0605. The number of hydrogen-bond donors (Lipinski definition) is 0. The van der Waals surface area contributed by atoms with Crippen LogP contribution in [-0.4, -0.2) is 10.4 Å². The SMILES string of the molecule is CC(C)C(=O)c1ccn(Cc2cc(F)ccc2C#N)c1. The molecule has 0 amide bonds. The van der Waals surface area contributed by atoms with Crippen molar-refractivity contribution in [3.63, 3.8) is 0 Å². The third kappa shape index (κ3) is 2.94. The van der Waals surface area contributed by atoms with E-state index in [1.165, 1.54) is 18.2 Å². The summed E-state index contributed by atoms with van der Waals surface area (Å²) in [6, 6.07) is 7.87. The van der Waals surface area contributed by atoms with E-state index in [-0.39, 0.29) is 17.5 Å². The average Bonchev–Trinajstić information content (AvgIpc) is 2.86. The molecule has 0 fully saturated rings. The molecule has 0 aliphatic rings. The van der Waals surface area contributed by atoms with E-state index in [1.807, 2.05) is 19.9 Å². The van der Waals surface area contributed by atoms with Gasteiger partial charge < -0.3 is 4.57 Å². The van der Waals surface area contributed by atoms with Crippen LogP contribution in [0.4, 0.5) is 4.39 Å². The molecule has 0 aliphatic carbocycles. The second-order valence-electron chi connectivity index (χ2n) is 5.00. The van der Waals surface area contributed by atoms with Crippen LogP contribution >= 0.6 is 0 Å². The van der Waals surface area contributed by atoms with E-state index in [9.17, 15) is 9.18 Å². The van der Waals surface area contributed by atoms with Gasteiger partial charge in [-0.05, 0) is 29.8 Å². The lowest BCUT2D eigenvalue weighted by Gasteiger charge is -2.06. The molecule has 1 heterocycles. The van der Waals surface area contributed by atoms with E-state index < -0.39 is 0 Å². The lowest BCUT2D eigenvalue weighted by atomic mass is 10.0. The topological polar surface area (TPSA) is 45.8 Å². The van der Waals surface area contributed by atoms with Crippen molar-refractivity contribution in [1.29, 1.82) is 5.26 Å². The summed E-state index contributed by atoms with van der Waals surface area (Å²) in [4.78, 5) is 11.9. The molecular formula is C16H15FN2O. The number of rotatable bonds is 4. The molecule has 2 rings (SSSR count). The zero-order valence-electron chi connectivity index (χ0n) is 11.4. The molecule has 102 valence electrons. The summed E-state index contributed by atoms with van der Waals surface area (Å²) in [5, 5.41) is 9.02. The Morgan fingerprint density at radius 2 is 2.15 bits per heavy atom. The van der Waals surface area contributed by atoms with Crippen LogP contribution in [-0.2, 0) is 6.54 Å². The summed E-state index contributed by atoms with van der Waals surface area (Å²) < 4.78 is 15.0. The average molecular weight is 270 g/mol. The molecule has 0 spiro atoms. The van der Waals surface area contributed by atoms with Gasteiger partial charge in [-0.3, -0.25) is 4.79 Å². The summed E-state index contributed by atoms with van der Waals surface area (Å²) in [6.45, 7) is 4.06. The Hall–Kier alpha value is -2.41. The van der Waals surface area contributed by atoms with Crippen molar-refractivity contribution < 1.29 is 9.18 Å². The Bertz CT molecular complexity index is 680. The molecule has 0 bridgehead atoms. The summed E-state index contributed by atoms with van der Waals surface area (Å²) >= 11 is 0. The monoisotopic (exact) mass is 270 g/mol. The molecule has 0 saturated heterocycles. The fraction of sp³-hybridized carbons (Fsp3) is 0.250. The van der Waals surface area contributed by atoms with Crippen LogP contribution in [0.2, 0.25) is 0 Å². The number of carbonyl (C=O) groups excluding carboxylic acids is 1. The van der Waals surface area contributed by atoms with Crippen LogP contribution in [0.25, 0.3) is 0 Å². The van der Waals surface area contributed by atoms with Crippen LogP contribution in [0.5, 0.6) is 0 Å². The molecule has 0 radical (unpaired) electrons. The predicted molar refractivity (Wildman–Crippen MR) is 73.8 cm³/mol. The van der Waals surface area contributed by atoms with Gasteiger partial charge in [-0.2, -0.15) is 5.26 Å². The molecule has 0 aliphatic heterocycles.